The summed E-state index contributed by atoms with van der Waals surface area (Å²) >= 11 is 0. The van der Waals surface area contributed by atoms with Crippen LogP contribution in [0.3, 0.4) is 0 Å². The molecular weight excluding hydrogens is 186 g/mol. The molecule has 14 heavy (non-hydrogen) atoms. The van der Waals surface area contributed by atoms with E-state index >= 15 is 0 Å². The predicted molar refractivity (Wildman–Crippen MR) is 49.0 cm³/mol. The van der Waals surface area contributed by atoms with Gasteiger partial charge in [0.25, 0.3) is 5.91 Å². The van der Waals surface area contributed by atoms with Gasteiger partial charge in [0.2, 0.25) is 0 Å². The summed E-state index contributed by atoms with van der Waals surface area (Å²) in [5.41, 5.74) is 2.25. The fourth-order valence-electron chi connectivity index (χ4n) is 0.714. The maximum Gasteiger partial charge on any atom is 0.351 e. The van der Waals surface area contributed by atoms with Crippen LogP contribution in [-0.4, -0.2) is 27.7 Å². The molecule has 0 saturated carbocycles. The lowest BCUT2D eigenvalue weighted by Gasteiger charge is -1.96. The summed E-state index contributed by atoms with van der Waals surface area (Å²) in [6.07, 6.45) is 1.59. The van der Waals surface area contributed by atoms with Gasteiger partial charge in [-0.3, -0.25) is 4.79 Å². The summed E-state index contributed by atoms with van der Waals surface area (Å²) in [6.45, 7) is 1.29. The molecule has 0 spiro atoms. The highest BCUT2D eigenvalue weighted by Crippen LogP contribution is 1.93. The molecular formula is C8H9N3O3. The molecule has 0 aliphatic heterocycles. The molecule has 6 nitrogen and oxygen atoms in total. The van der Waals surface area contributed by atoms with Crippen LogP contribution in [0, 0.1) is 0 Å². The van der Waals surface area contributed by atoms with Crippen LogP contribution < -0.4 is 5.43 Å². The van der Waals surface area contributed by atoms with Gasteiger partial charge in [0.15, 0.2) is 0 Å². The van der Waals surface area contributed by atoms with Crippen molar-refractivity contribution in [3.8, 4) is 0 Å². The van der Waals surface area contributed by atoms with E-state index in [0.29, 0.717) is 5.69 Å². The maximum absolute atomic E-state index is 11.2. The Balaban J connectivity index is 2.59. The zero-order chi connectivity index (χ0) is 10.6. The van der Waals surface area contributed by atoms with Crippen molar-refractivity contribution < 1.29 is 14.7 Å². The average Bonchev–Trinajstić information content (AvgIpc) is 2.66. The molecule has 0 bridgehead atoms. The molecule has 0 aromatic carbocycles. The molecule has 1 rings (SSSR count). The highest BCUT2D eigenvalue weighted by atomic mass is 16.4. The number of H-pyrrole nitrogens is 1. The molecule has 1 aromatic heterocycles. The van der Waals surface area contributed by atoms with Crippen LogP contribution in [0.15, 0.2) is 23.4 Å². The van der Waals surface area contributed by atoms with Gasteiger partial charge in [-0.25, -0.2) is 10.2 Å². The third-order valence-electron chi connectivity index (χ3n) is 1.48. The van der Waals surface area contributed by atoms with Gasteiger partial charge < -0.3 is 10.1 Å². The second-order valence-electron chi connectivity index (χ2n) is 2.53. The Morgan fingerprint density at radius 1 is 1.57 bits per heavy atom. The number of amides is 1. The lowest BCUT2D eigenvalue weighted by atomic mass is 10.4. The first kappa shape index (κ1) is 9.97. The number of carboxylic acid groups (broad SMARTS) is 1. The monoisotopic (exact) mass is 195 g/mol. The number of aromatic amines is 1. The van der Waals surface area contributed by atoms with Gasteiger partial charge in [-0.1, -0.05) is 0 Å². The predicted octanol–water partition coefficient (Wildman–Crippen LogP) is 0.205. The van der Waals surface area contributed by atoms with Crippen LogP contribution >= 0.6 is 0 Å². The van der Waals surface area contributed by atoms with E-state index in [-0.39, 0.29) is 5.71 Å². The van der Waals surface area contributed by atoms with E-state index in [2.05, 4.69) is 15.5 Å². The Bertz CT molecular complexity index is 367. The van der Waals surface area contributed by atoms with Gasteiger partial charge in [-0.05, 0) is 19.1 Å². The van der Waals surface area contributed by atoms with Gasteiger partial charge in [-0.15, -0.1) is 0 Å². The Labute approximate surface area is 79.6 Å². The number of carbonyl (C=O) groups is 2. The Morgan fingerprint density at radius 3 is 2.79 bits per heavy atom. The van der Waals surface area contributed by atoms with E-state index < -0.39 is 11.9 Å². The fraction of sp³-hybridized carbons (Fsp3) is 0.125. The molecule has 1 heterocycles. The quantitative estimate of drug-likeness (QED) is 0.475. The number of hydrazone groups is 1. The van der Waals surface area contributed by atoms with Crippen LogP contribution in [0.25, 0.3) is 0 Å². The Kier molecular flexibility index (Phi) is 3.01. The van der Waals surface area contributed by atoms with Crippen molar-refractivity contribution in [2.45, 2.75) is 6.92 Å². The SMILES string of the molecule is CC(=NNC(=O)c1ccc[nH]1)C(=O)O. The molecule has 0 saturated heterocycles. The van der Waals surface area contributed by atoms with Crippen molar-refractivity contribution in [3.63, 3.8) is 0 Å². The summed E-state index contributed by atoms with van der Waals surface area (Å²) in [5.74, 6) is -1.65. The first-order valence-corrected chi connectivity index (χ1v) is 3.82. The molecule has 0 atom stereocenters. The topological polar surface area (TPSA) is 94.5 Å². The van der Waals surface area contributed by atoms with Gasteiger partial charge >= 0.3 is 5.97 Å². The smallest absolute Gasteiger partial charge is 0.351 e. The first-order chi connectivity index (χ1) is 6.61. The number of rotatable bonds is 3. The second kappa shape index (κ2) is 4.22. The minimum Gasteiger partial charge on any atom is -0.477 e. The first-order valence-electron chi connectivity index (χ1n) is 3.82. The fourth-order valence-corrected chi connectivity index (χ4v) is 0.714. The minimum absolute atomic E-state index is 0.176. The number of aromatic nitrogens is 1. The molecule has 0 aliphatic rings. The zero-order valence-electron chi connectivity index (χ0n) is 7.44. The molecule has 0 fully saturated rings. The molecule has 3 N–H and O–H groups in total. The lowest BCUT2D eigenvalue weighted by molar-refractivity contribution is -0.129. The van der Waals surface area contributed by atoms with Gasteiger partial charge in [0.05, 0.1) is 0 Å². The third kappa shape index (κ3) is 2.44. The van der Waals surface area contributed by atoms with Crippen molar-refractivity contribution in [3.05, 3.63) is 24.0 Å². The summed E-state index contributed by atoms with van der Waals surface area (Å²) in [6, 6.07) is 3.21. The van der Waals surface area contributed by atoms with Gasteiger partial charge in [-0.2, -0.15) is 5.10 Å². The van der Waals surface area contributed by atoms with E-state index in [9.17, 15) is 9.59 Å². The lowest BCUT2D eigenvalue weighted by Crippen LogP contribution is -2.21. The number of carbonyl (C=O) groups excluding carboxylic acids is 1. The summed E-state index contributed by atoms with van der Waals surface area (Å²) in [7, 11) is 0. The molecule has 74 valence electrons. The maximum atomic E-state index is 11.2. The standard InChI is InChI=1S/C8H9N3O3/c1-5(8(13)14)10-11-7(12)6-3-2-4-9-6/h2-4,9H,1H3,(H,11,12)(H,13,14). The number of nitrogens with zero attached hydrogens (tertiary/aromatic N) is 1. The van der Waals surface area contributed by atoms with E-state index in [1.807, 2.05) is 0 Å². The Morgan fingerprint density at radius 2 is 2.29 bits per heavy atom. The van der Waals surface area contributed by atoms with Crippen LogP contribution in [-0.2, 0) is 4.79 Å². The number of hydrogen-bond acceptors (Lipinski definition) is 3. The summed E-state index contributed by atoms with van der Waals surface area (Å²) in [5, 5.41) is 11.8. The molecule has 0 unspecified atom stereocenters. The highest BCUT2D eigenvalue weighted by Gasteiger charge is 2.06. The van der Waals surface area contributed by atoms with Crippen LogP contribution in [0.2, 0.25) is 0 Å². The number of carboxylic acids is 1. The molecule has 1 aromatic rings. The number of nitrogens with one attached hydrogen (secondary N) is 2. The van der Waals surface area contributed by atoms with E-state index in [4.69, 9.17) is 5.11 Å². The van der Waals surface area contributed by atoms with E-state index in [1.54, 1.807) is 18.3 Å². The van der Waals surface area contributed by atoms with Crippen LogP contribution in [0.1, 0.15) is 17.4 Å². The van der Waals surface area contributed by atoms with Crippen molar-refractivity contribution in [1.82, 2.24) is 10.4 Å². The van der Waals surface area contributed by atoms with Crippen LogP contribution in [0.4, 0.5) is 0 Å². The van der Waals surface area contributed by atoms with Crippen molar-refractivity contribution in [1.29, 1.82) is 0 Å². The van der Waals surface area contributed by atoms with E-state index in [1.165, 1.54) is 6.92 Å². The van der Waals surface area contributed by atoms with E-state index in [0.717, 1.165) is 0 Å². The summed E-state index contributed by atoms with van der Waals surface area (Å²) < 4.78 is 0. The average molecular weight is 195 g/mol. The van der Waals surface area contributed by atoms with Crippen molar-refractivity contribution >= 4 is 17.6 Å². The molecule has 0 radical (unpaired) electrons. The number of hydrogen-bond donors (Lipinski definition) is 3. The largest absolute Gasteiger partial charge is 0.477 e. The zero-order valence-corrected chi connectivity index (χ0v) is 7.44. The highest BCUT2D eigenvalue weighted by molar-refractivity contribution is 6.34. The van der Waals surface area contributed by atoms with Gasteiger partial charge in [0.1, 0.15) is 11.4 Å². The van der Waals surface area contributed by atoms with Gasteiger partial charge in [0, 0.05) is 6.20 Å². The van der Waals surface area contributed by atoms with Crippen LogP contribution in [0.5, 0.6) is 0 Å². The van der Waals surface area contributed by atoms with Crippen molar-refractivity contribution in [2.75, 3.05) is 0 Å². The van der Waals surface area contributed by atoms with Crippen molar-refractivity contribution in [2.24, 2.45) is 5.10 Å². The normalized spacial score (nSPS) is 11.1. The molecule has 0 aliphatic carbocycles. The third-order valence-corrected chi connectivity index (χ3v) is 1.48. The molecule has 6 heteroatoms. The second-order valence-corrected chi connectivity index (χ2v) is 2.53. The Hall–Kier alpha value is -2.11. The summed E-state index contributed by atoms with van der Waals surface area (Å²) in [4.78, 5) is 24.2. The number of aliphatic carboxylic acids is 1. The molecule has 1 amide bonds. The minimum atomic E-state index is -1.17.